The maximum Gasteiger partial charge on any atom is 0.220 e. The third-order valence-electron chi connectivity index (χ3n) is 5.35. The second-order valence-corrected chi connectivity index (χ2v) is 7.17. The molecule has 124 valence electrons. The lowest BCUT2D eigenvalue weighted by Crippen LogP contribution is -2.47. The van der Waals surface area contributed by atoms with Gasteiger partial charge in [-0.1, -0.05) is 0 Å². The Hall–Kier alpha value is -1.46. The molecule has 0 aromatic carbocycles. The van der Waals surface area contributed by atoms with Crippen LogP contribution in [0.3, 0.4) is 0 Å². The Balaban J connectivity index is 1.23. The first kappa shape index (κ1) is 15.1. The first-order valence-electron chi connectivity index (χ1n) is 8.82. The highest BCUT2D eigenvalue weighted by Gasteiger charge is 2.42. The zero-order valence-electron chi connectivity index (χ0n) is 13.5. The number of carbonyl (C=O) groups excluding carboxylic acids is 1. The van der Waals surface area contributed by atoms with E-state index in [1.54, 1.807) is 12.4 Å². The van der Waals surface area contributed by atoms with Gasteiger partial charge < -0.3 is 10.1 Å². The van der Waals surface area contributed by atoms with Crippen LogP contribution in [0.2, 0.25) is 0 Å². The van der Waals surface area contributed by atoms with Gasteiger partial charge in [-0.2, -0.15) is 0 Å². The second-order valence-electron chi connectivity index (χ2n) is 7.17. The SMILES string of the molecule is O=C(CCc1ccncc1)N[C@@H]1C[C@H]2CO[C@@H](C3CC3)CN2C1. The number of amides is 1. The minimum Gasteiger partial charge on any atom is -0.375 e. The first-order valence-corrected chi connectivity index (χ1v) is 8.82. The van der Waals surface area contributed by atoms with Gasteiger partial charge >= 0.3 is 0 Å². The van der Waals surface area contributed by atoms with Crippen LogP contribution in [0.1, 0.15) is 31.2 Å². The fourth-order valence-electron chi connectivity index (χ4n) is 3.86. The Morgan fingerprint density at radius 3 is 2.91 bits per heavy atom. The normalized spacial score (nSPS) is 30.9. The number of ether oxygens (including phenoxy) is 1. The highest BCUT2D eigenvalue weighted by atomic mass is 16.5. The lowest BCUT2D eigenvalue weighted by molar-refractivity contribution is -0.121. The van der Waals surface area contributed by atoms with E-state index in [9.17, 15) is 4.79 Å². The molecule has 3 heterocycles. The maximum atomic E-state index is 12.2. The number of fused-ring (bicyclic) bond motifs is 1. The zero-order chi connectivity index (χ0) is 15.6. The predicted octanol–water partition coefficient (Wildman–Crippen LogP) is 1.38. The van der Waals surface area contributed by atoms with Crippen LogP contribution in [0.15, 0.2) is 24.5 Å². The Morgan fingerprint density at radius 1 is 1.30 bits per heavy atom. The highest BCUT2D eigenvalue weighted by Crippen LogP contribution is 2.37. The average Bonchev–Trinajstić information content (AvgIpc) is 3.34. The van der Waals surface area contributed by atoms with E-state index in [4.69, 9.17) is 4.74 Å². The van der Waals surface area contributed by atoms with E-state index in [2.05, 4.69) is 15.2 Å². The Morgan fingerprint density at radius 2 is 2.13 bits per heavy atom. The van der Waals surface area contributed by atoms with E-state index in [1.807, 2.05) is 12.1 Å². The maximum absolute atomic E-state index is 12.2. The molecule has 0 unspecified atom stereocenters. The molecule has 2 aliphatic heterocycles. The molecule has 3 fully saturated rings. The van der Waals surface area contributed by atoms with Crippen LogP contribution in [-0.4, -0.2) is 53.7 Å². The molecule has 1 aromatic rings. The minimum atomic E-state index is 0.159. The highest BCUT2D eigenvalue weighted by molar-refractivity contribution is 5.76. The largest absolute Gasteiger partial charge is 0.375 e. The van der Waals surface area contributed by atoms with Gasteiger partial charge in [0.05, 0.1) is 12.7 Å². The number of pyridine rings is 1. The van der Waals surface area contributed by atoms with E-state index in [0.29, 0.717) is 18.6 Å². The van der Waals surface area contributed by atoms with Crippen molar-refractivity contribution in [2.24, 2.45) is 5.92 Å². The summed E-state index contributed by atoms with van der Waals surface area (Å²) in [6.07, 6.45) is 9.01. The molecule has 3 atom stereocenters. The van der Waals surface area contributed by atoms with E-state index in [0.717, 1.165) is 38.5 Å². The van der Waals surface area contributed by atoms with Crippen LogP contribution >= 0.6 is 0 Å². The van der Waals surface area contributed by atoms with Gasteiger partial charge in [0.2, 0.25) is 5.91 Å². The molecule has 2 saturated heterocycles. The summed E-state index contributed by atoms with van der Waals surface area (Å²) in [5.41, 5.74) is 1.17. The number of carbonyl (C=O) groups is 1. The average molecular weight is 315 g/mol. The van der Waals surface area contributed by atoms with Crippen LogP contribution in [0.25, 0.3) is 0 Å². The fourth-order valence-corrected chi connectivity index (χ4v) is 3.86. The molecule has 23 heavy (non-hydrogen) atoms. The molecule has 0 bridgehead atoms. The van der Waals surface area contributed by atoms with Gasteiger partial charge in [-0.15, -0.1) is 0 Å². The molecular weight excluding hydrogens is 290 g/mol. The van der Waals surface area contributed by atoms with E-state index in [-0.39, 0.29) is 11.9 Å². The molecule has 1 aliphatic carbocycles. The van der Waals surface area contributed by atoms with Crippen LogP contribution < -0.4 is 5.32 Å². The Kier molecular flexibility index (Phi) is 4.31. The summed E-state index contributed by atoms with van der Waals surface area (Å²) < 4.78 is 6.01. The summed E-state index contributed by atoms with van der Waals surface area (Å²) >= 11 is 0. The van der Waals surface area contributed by atoms with E-state index < -0.39 is 0 Å². The summed E-state index contributed by atoms with van der Waals surface area (Å²) in [4.78, 5) is 18.7. The number of morpholine rings is 1. The minimum absolute atomic E-state index is 0.159. The summed E-state index contributed by atoms with van der Waals surface area (Å²) in [5, 5.41) is 3.21. The van der Waals surface area contributed by atoms with Crippen LogP contribution in [0.5, 0.6) is 0 Å². The van der Waals surface area contributed by atoms with Gasteiger partial charge in [-0.3, -0.25) is 14.7 Å². The quantitative estimate of drug-likeness (QED) is 0.892. The number of aromatic nitrogens is 1. The summed E-state index contributed by atoms with van der Waals surface area (Å²) in [6.45, 7) is 2.88. The molecule has 1 amide bonds. The smallest absolute Gasteiger partial charge is 0.220 e. The Labute approximate surface area is 137 Å². The van der Waals surface area contributed by atoms with Crippen molar-refractivity contribution in [2.75, 3.05) is 19.7 Å². The van der Waals surface area contributed by atoms with Crippen LogP contribution in [-0.2, 0) is 16.0 Å². The summed E-state index contributed by atoms with van der Waals surface area (Å²) in [5.74, 6) is 0.955. The lowest BCUT2D eigenvalue weighted by Gasteiger charge is -2.35. The van der Waals surface area contributed by atoms with Gasteiger partial charge in [0, 0.05) is 44.0 Å². The van der Waals surface area contributed by atoms with E-state index >= 15 is 0 Å². The van der Waals surface area contributed by atoms with Crippen molar-refractivity contribution in [3.05, 3.63) is 30.1 Å². The molecule has 4 rings (SSSR count). The molecule has 0 spiro atoms. The molecule has 3 aliphatic rings. The van der Waals surface area contributed by atoms with Crippen molar-refractivity contribution in [3.63, 3.8) is 0 Å². The van der Waals surface area contributed by atoms with Crippen molar-refractivity contribution in [2.45, 2.75) is 50.3 Å². The Bertz CT molecular complexity index is 546. The number of nitrogens with one attached hydrogen (secondary N) is 1. The molecule has 1 aromatic heterocycles. The van der Waals surface area contributed by atoms with Gasteiger partial charge in [0.25, 0.3) is 0 Å². The van der Waals surface area contributed by atoms with Crippen LogP contribution in [0, 0.1) is 5.92 Å². The van der Waals surface area contributed by atoms with Gasteiger partial charge in [-0.05, 0) is 49.3 Å². The molecular formula is C18H25N3O2. The molecule has 5 nitrogen and oxygen atoms in total. The van der Waals surface area contributed by atoms with Crippen molar-refractivity contribution in [3.8, 4) is 0 Å². The van der Waals surface area contributed by atoms with Gasteiger partial charge in [0.1, 0.15) is 0 Å². The third kappa shape index (κ3) is 3.72. The van der Waals surface area contributed by atoms with E-state index in [1.165, 1.54) is 18.4 Å². The van der Waals surface area contributed by atoms with Gasteiger partial charge in [-0.25, -0.2) is 0 Å². The first-order chi connectivity index (χ1) is 11.3. The van der Waals surface area contributed by atoms with Crippen LogP contribution in [0.4, 0.5) is 0 Å². The topological polar surface area (TPSA) is 54.5 Å². The summed E-state index contributed by atoms with van der Waals surface area (Å²) in [6, 6.07) is 4.72. The monoisotopic (exact) mass is 315 g/mol. The second kappa shape index (κ2) is 6.57. The van der Waals surface area contributed by atoms with Crippen molar-refractivity contribution < 1.29 is 9.53 Å². The fraction of sp³-hybridized carbons (Fsp3) is 0.667. The lowest BCUT2D eigenvalue weighted by atomic mass is 10.1. The summed E-state index contributed by atoms with van der Waals surface area (Å²) in [7, 11) is 0. The van der Waals surface area contributed by atoms with Crippen molar-refractivity contribution >= 4 is 5.91 Å². The van der Waals surface area contributed by atoms with Crippen molar-refractivity contribution in [1.82, 2.24) is 15.2 Å². The number of hydrogen-bond acceptors (Lipinski definition) is 4. The number of rotatable bonds is 5. The number of aryl methyl sites for hydroxylation is 1. The predicted molar refractivity (Wildman–Crippen MR) is 86.9 cm³/mol. The third-order valence-corrected chi connectivity index (χ3v) is 5.35. The standard InChI is InChI=1S/C18H25N3O2/c22-18(4-1-13-5-7-19-8-6-13)20-15-9-16-12-23-17(14-2-3-14)11-21(16)10-15/h5-8,14-17H,1-4,9-12H2,(H,20,22)/t15-,16+,17-/m1/s1. The zero-order valence-corrected chi connectivity index (χ0v) is 13.5. The number of hydrogen-bond donors (Lipinski definition) is 1. The molecule has 1 saturated carbocycles. The van der Waals surface area contributed by atoms with Gasteiger partial charge in [0.15, 0.2) is 0 Å². The molecule has 0 radical (unpaired) electrons. The molecule has 5 heteroatoms. The molecule has 1 N–H and O–H groups in total. The van der Waals surface area contributed by atoms with Crippen molar-refractivity contribution in [1.29, 1.82) is 0 Å². The number of nitrogens with zero attached hydrogens (tertiary/aromatic N) is 2.